The topological polar surface area (TPSA) is 67.2 Å². The number of carbonyl (C=O) groups is 1. The zero-order valence-corrected chi connectivity index (χ0v) is 16.4. The van der Waals surface area contributed by atoms with Crippen molar-refractivity contribution in [3.63, 3.8) is 0 Å². The first-order valence-electron chi connectivity index (χ1n) is 9.22. The molecule has 1 amide bonds. The lowest BCUT2D eigenvalue weighted by atomic mass is 10.1. The number of imidazole rings is 1. The minimum absolute atomic E-state index is 0.102. The van der Waals surface area contributed by atoms with Crippen molar-refractivity contribution >= 4 is 23.3 Å². The lowest BCUT2D eigenvalue weighted by Gasteiger charge is -2.35. The Labute approximate surface area is 168 Å². The van der Waals surface area contributed by atoms with Crippen LogP contribution in [0.15, 0.2) is 48.8 Å². The Hall–Kier alpha value is -2.93. The maximum atomic E-state index is 12.6. The molecule has 28 heavy (non-hydrogen) atoms. The predicted octanol–water partition coefficient (Wildman–Crippen LogP) is 2.52. The van der Waals surface area contributed by atoms with Gasteiger partial charge in [0, 0.05) is 43.6 Å². The van der Waals surface area contributed by atoms with E-state index < -0.39 is 0 Å². The third kappa shape index (κ3) is 3.84. The molecule has 1 aromatic carbocycles. The standard InChI is InChI=1S/C20H21ClN6O/c1-15-22-8-9-27(15)19-7-6-18(23-24-19)25-10-12-26(13-11-25)20(28)14-16-4-2-3-5-17(16)21/h2-9H,10-14H2,1H3. The van der Waals surface area contributed by atoms with E-state index >= 15 is 0 Å². The summed E-state index contributed by atoms with van der Waals surface area (Å²) in [6.07, 6.45) is 3.94. The number of rotatable bonds is 4. The molecular formula is C20H21ClN6O. The normalized spacial score (nSPS) is 14.4. The summed E-state index contributed by atoms with van der Waals surface area (Å²) in [6, 6.07) is 11.4. The van der Waals surface area contributed by atoms with Gasteiger partial charge >= 0.3 is 0 Å². The monoisotopic (exact) mass is 396 g/mol. The number of nitrogens with zero attached hydrogens (tertiary/aromatic N) is 6. The van der Waals surface area contributed by atoms with Crippen LogP contribution in [0, 0.1) is 6.92 Å². The van der Waals surface area contributed by atoms with Crippen LogP contribution < -0.4 is 4.90 Å². The average molecular weight is 397 g/mol. The minimum Gasteiger partial charge on any atom is -0.352 e. The molecule has 144 valence electrons. The predicted molar refractivity (Wildman–Crippen MR) is 108 cm³/mol. The van der Waals surface area contributed by atoms with Crippen molar-refractivity contribution in [3.8, 4) is 5.82 Å². The number of anilines is 1. The summed E-state index contributed by atoms with van der Waals surface area (Å²) in [6.45, 7) is 4.70. The molecule has 0 radical (unpaired) electrons. The molecule has 0 spiro atoms. The van der Waals surface area contributed by atoms with Crippen molar-refractivity contribution in [3.05, 3.63) is 65.2 Å². The van der Waals surface area contributed by atoms with Gasteiger partial charge in [0.1, 0.15) is 5.82 Å². The molecular weight excluding hydrogens is 376 g/mol. The number of hydrogen-bond donors (Lipinski definition) is 0. The molecule has 0 atom stereocenters. The molecule has 0 unspecified atom stereocenters. The van der Waals surface area contributed by atoms with Crippen molar-refractivity contribution in [2.24, 2.45) is 0 Å². The number of aromatic nitrogens is 4. The molecule has 2 aromatic heterocycles. The number of amides is 1. The molecule has 0 aliphatic carbocycles. The van der Waals surface area contributed by atoms with Crippen molar-refractivity contribution < 1.29 is 4.79 Å². The van der Waals surface area contributed by atoms with E-state index in [9.17, 15) is 4.79 Å². The number of benzene rings is 1. The molecule has 7 nitrogen and oxygen atoms in total. The second-order valence-corrected chi connectivity index (χ2v) is 7.14. The molecule has 1 aliphatic rings. The van der Waals surface area contributed by atoms with Crippen LogP contribution in [-0.2, 0) is 11.2 Å². The zero-order valence-electron chi connectivity index (χ0n) is 15.6. The van der Waals surface area contributed by atoms with E-state index in [4.69, 9.17) is 11.6 Å². The van der Waals surface area contributed by atoms with E-state index in [1.165, 1.54) is 0 Å². The number of carbonyl (C=O) groups excluding carboxylic acids is 1. The van der Waals surface area contributed by atoms with Crippen LogP contribution in [0.4, 0.5) is 5.82 Å². The number of hydrogen-bond acceptors (Lipinski definition) is 5. The third-order valence-corrected chi connectivity index (χ3v) is 5.33. The molecule has 3 heterocycles. The van der Waals surface area contributed by atoms with Crippen LogP contribution in [0.1, 0.15) is 11.4 Å². The molecule has 3 aromatic rings. The maximum absolute atomic E-state index is 12.6. The molecule has 0 bridgehead atoms. The maximum Gasteiger partial charge on any atom is 0.227 e. The smallest absolute Gasteiger partial charge is 0.227 e. The van der Waals surface area contributed by atoms with Crippen LogP contribution in [0.5, 0.6) is 0 Å². The second-order valence-electron chi connectivity index (χ2n) is 6.73. The summed E-state index contributed by atoms with van der Waals surface area (Å²) in [5.41, 5.74) is 0.868. The fourth-order valence-electron chi connectivity index (χ4n) is 3.34. The Kier molecular flexibility index (Phi) is 5.25. The summed E-state index contributed by atoms with van der Waals surface area (Å²) in [5.74, 6) is 2.53. The fourth-order valence-corrected chi connectivity index (χ4v) is 3.54. The summed E-state index contributed by atoms with van der Waals surface area (Å²) in [7, 11) is 0. The van der Waals surface area contributed by atoms with Gasteiger partial charge < -0.3 is 9.80 Å². The van der Waals surface area contributed by atoms with Crippen molar-refractivity contribution in [2.75, 3.05) is 31.1 Å². The van der Waals surface area contributed by atoms with Gasteiger partial charge in [-0.25, -0.2) is 4.98 Å². The van der Waals surface area contributed by atoms with Gasteiger partial charge in [-0.3, -0.25) is 9.36 Å². The van der Waals surface area contributed by atoms with Gasteiger partial charge in [-0.2, -0.15) is 0 Å². The summed E-state index contributed by atoms with van der Waals surface area (Å²) < 4.78 is 1.89. The summed E-state index contributed by atoms with van der Waals surface area (Å²) >= 11 is 6.17. The highest BCUT2D eigenvalue weighted by atomic mass is 35.5. The average Bonchev–Trinajstić information content (AvgIpc) is 3.16. The summed E-state index contributed by atoms with van der Waals surface area (Å²) in [5, 5.41) is 9.31. The zero-order chi connectivity index (χ0) is 19.5. The first-order chi connectivity index (χ1) is 13.6. The van der Waals surface area contributed by atoms with Crippen LogP contribution in [-0.4, -0.2) is 56.7 Å². The quantitative estimate of drug-likeness (QED) is 0.677. The Morgan fingerprint density at radius 3 is 2.39 bits per heavy atom. The number of aryl methyl sites for hydroxylation is 1. The Bertz CT molecular complexity index is 963. The van der Waals surface area contributed by atoms with Gasteiger partial charge in [-0.1, -0.05) is 29.8 Å². The highest BCUT2D eigenvalue weighted by molar-refractivity contribution is 6.31. The van der Waals surface area contributed by atoms with E-state index in [1.807, 2.05) is 59.0 Å². The summed E-state index contributed by atoms with van der Waals surface area (Å²) in [4.78, 5) is 20.8. The molecule has 4 rings (SSSR count). The largest absolute Gasteiger partial charge is 0.352 e. The molecule has 0 saturated carbocycles. The lowest BCUT2D eigenvalue weighted by Crippen LogP contribution is -2.49. The van der Waals surface area contributed by atoms with Gasteiger partial charge in [0.05, 0.1) is 6.42 Å². The molecule has 8 heteroatoms. The van der Waals surface area contributed by atoms with Gasteiger partial charge in [0.15, 0.2) is 11.6 Å². The highest BCUT2D eigenvalue weighted by Crippen LogP contribution is 2.18. The Morgan fingerprint density at radius 1 is 1.04 bits per heavy atom. The number of piperazine rings is 1. The molecule has 1 aliphatic heterocycles. The number of halogens is 1. The van der Waals surface area contributed by atoms with Crippen molar-refractivity contribution in [1.29, 1.82) is 0 Å². The SMILES string of the molecule is Cc1nccn1-c1ccc(N2CCN(C(=O)Cc3ccccc3Cl)CC2)nn1. The van der Waals surface area contributed by atoms with E-state index in [0.29, 0.717) is 24.5 Å². The molecule has 1 saturated heterocycles. The Morgan fingerprint density at radius 2 is 1.75 bits per heavy atom. The van der Waals surface area contributed by atoms with Gasteiger partial charge in [-0.15, -0.1) is 10.2 Å². The van der Waals surface area contributed by atoms with Gasteiger partial charge in [0.25, 0.3) is 0 Å². The van der Waals surface area contributed by atoms with E-state index in [2.05, 4.69) is 20.1 Å². The highest BCUT2D eigenvalue weighted by Gasteiger charge is 2.22. The van der Waals surface area contributed by atoms with Crippen LogP contribution >= 0.6 is 11.6 Å². The third-order valence-electron chi connectivity index (χ3n) is 4.96. The van der Waals surface area contributed by atoms with Gasteiger partial charge in [0.2, 0.25) is 5.91 Å². The lowest BCUT2D eigenvalue weighted by molar-refractivity contribution is -0.130. The van der Waals surface area contributed by atoms with E-state index in [1.54, 1.807) is 6.20 Å². The minimum atomic E-state index is 0.102. The fraction of sp³-hybridized carbons (Fsp3) is 0.300. The van der Waals surface area contributed by atoms with E-state index in [-0.39, 0.29) is 5.91 Å². The Balaban J connectivity index is 1.35. The van der Waals surface area contributed by atoms with Crippen LogP contribution in [0.25, 0.3) is 5.82 Å². The first-order valence-corrected chi connectivity index (χ1v) is 9.60. The van der Waals surface area contributed by atoms with Gasteiger partial charge in [-0.05, 0) is 30.7 Å². The van der Waals surface area contributed by atoms with Crippen molar-refractivity contribution in [2.45, 2.75) is 13.3 Å². The van der Waals surface area contributed by atoms with Crippen molar-refractivity contribution in [1.82, 2.24) is 24.6 Å². The molecule has 1 fully saturated rings. The first kappa shape index (κ1) is 18.4. The van der Waals surface area contributed by atoms with E-state index in [0.717, 1.165) is 36.1 Å². The second kappa shape index (κ2) is 7.98. The van der Waals surface area contributed by atoms with Crippen LogP contribution in [0.3, 0.4) is 0 Å². The van der Waals surface area contributed by atoms with Crippen LogP contribution in [0.2, 0.25) is 5.02 Å². The molecule has 0 N–H and O–H groups in total.